The summed E-state index contributed by atoms with van der Waals surface area (Å²) in [6, 6.07) is 3.25. The summed E-state index contributed by atoms with van der Waals surface area (Å²) >= 11 is 0. The maximum atomic E-state index is 12.0. The molecular formula is C27H46O3. The molecule has 0 aromatic heterocycles. The van der Waals surface area contributed by atoms with E-state index in [1.54, 1.807) is 12.1 Å². The van der Waals surface area contributed by atoms with Crippen molar-refractivity contribution in [2.75, 3.05) is 0 Å². The van der Waals surface area contributed by atoms with Gasteiger partial charge in [0.2, 0.25) is 0 Å². The maximum Gasteiger partial charge on any atom is 0.311 e. The molecule has 0 spiro atoms. The monoisotopic (exact) mass is 418 g/mol. The largest absolute Gasteiger partial charge is 0.508 e. The van der Waals surface area contributed by atoms with E-state index in [0.717, 1.165) is 24.0 Å². The number of rotatable bonds is 18. The van der Waals surface area contributed by atoms with Crippen LogP contribution < -0.4 is 4.74 Å². The lowest BCUT2D eigenvalue weighted by Gasteiger charge is -2.10. The number of hydrogen-bond donors (Lipinski definition) is 1. The van der Waals surface area contributed by atoms with Crippen LogP contribution in [0.15, 0.2) is 12.1 Å². The van der Waals surface area contributed by atoms with Gasteiger partial charge in [0.1, 0.15) is 11.5 Å². The molecule has 1 N–H and O–H groups in total. The predicted octanol–water partition coefficient (Wildman–Crippen LogP) is 8.57. The van der Waals surface area contributed by atoms with Crippen LogP contribution in [-0.2, 0) is 4.79 Å². The van der Waals surface area contributed by atoms with E-state index in [9.17, 15) is 9.90 Å². The van der Waals surface area contributed by atoms with E-state index in [0.29, 0.717) is 12.2 Å². The molecule has 1 rings (SSSR count). The van der Waals surface area contributed by atoms with Crippen LogP contribution in [0.3, 0.4) is 0 Å². The van der Waals surface area contributed by atoms with Gasteiger partial charge in [-0.1, -0.05) is 103 Å². The Balaban J connectivity index is 1.89. The highest BCUT2D eigenvalue weighted by atomic mass is 16.5. The third-order valence-corrected chi connectivity index (χ3v) is 6.17. The number of phenolic OH excluding ortho intramolecular Hbond substituents is 1. The molecule has 30 heavy (non-hydrogen) atoms. The van der Waals surface area contributed by atoms with Gasteiger partial charge in [0.05, 0.1) is 0 Å². The number of benzene rings is 1. The lowest BCUT2D eigenvalue weighted by molar-refractivity contribution is -0.134. The molecule has 1 aromatic rings. The van der Waals surface area contributed by atoms with Gasteiger partial charge in [-0.05, 0) is 43.5 Å². The maximum absolute atomic E-state index is 12.0. The van der Waals surface area contributed by atoms with Crippen molar-refractivity contribution in [2.45, 2.75) is 130 Å². The zero-order valence-corrected chi connectivity index (χ0v) is 19.9. The molecule has 3 nitrogen and oxygen atoms in total. The van der Waals surface area contributed by atoms with Crippen molar-refractivity contribution in [2.24, 2.45) is 0 Å². The van der Waals surface area contributed by atoms with Crippen molar-refractivity contribution < 1.29 is 14.6 Å². The minimum Gasteiger partial charge on any atom is -0.508 e. The number of carbonyl (C=O) groups is 1. The predicted molar refractivity (Wildman–Crippen MR) is 127 cm³/mol. The second-order valence-electron chi connectivity index (χ2n) is 8.86. The lowest BCUT2D eigenvalue weighted by Crippen LogP contribution is -2.08. The van der Waals surface area contributed by atoms with Gasteiger partial charge in [0.15, 0.2) is 0 Å². The van der Waals surface area contributed by atoms with E-state index in [4.69, 9.17) is 4.74 Å². The highest BCUT2D eigenvalue weighted by Crippen LogP contribution is 2.28. The van der Waals surface area contributed by atoms with Crippen molar-refractivity contribution >= 4 is 5.97 Å². The van der Waals surface area contributed by atoms with E-state index >= 15 is 0 Å². The smallest absolute Gasteiger partial charge is 0.311 e. The van der Waals surface area contributed by atoms with E-state index in [1.165, 1.54) is 89.9 Å². The number of ether oxygens (including phenoxy) is 1. The average molecular weight is 419 g/mol. The van der Waals surface area contributed by atoms with Crippen LogP contribution in [-0.4, -0.2) is 11.1 Å². The van der Waals surface area contributed by atoms with E-state index in [-0.39, 0.29) is 11.7 Å². The summed E-state index contributed by atoms with van der Waals surface area (Å²) in [4.78, 5) is 12.0. The summed E-state index contributed by atoms with van der Waals surface area (Å²) in [7, 11) is 0. The number of carbonyl (C=O) groups excluding carboxylic acids is 1. The van der Waals surface area contributed by atoms with Crippen LogP contribution in [0, 0.1) is 13.8 Å². The van der Waals surface area contributed by atoms with Crippen molar-refractivity contribution in [1.29, 1.82) is 0 Å². The Hall–Kier alpha value is -1.51. The van der Waals surface area contributed by atoms with Gasteiger partial charge in [-0.3, -0.25) is 4.79 Å². The Morgan fingerprint density at radius 3 is 1.60 bits per heavy atom. The Labute approximate surface area is 185 Å². The van der Waals surface area contributed by atoms with E-state index in [2.05, 4.69) is 6.92 Å². The highest BCUT2D eigenvalue weighted by Gasteiger charge is 2.10. The first kappa shape index (κ1) is 26.5. The summed E-state index contributed by atoms with van der Waals surface area (Å²) in [5.74, 6) is 0.630. The van der Waals surface area contributed by atoms with Gasteiger partial charge >= 0.3 is 5.97 Å². The summed E-state index contributed by atoms with van der Waals surface area (Å²) in [5, 5.41) is 9.68. The fourth-order valence-corrected chi connectivity index (χ4v) is 3.88. The first-order valence-electron chi connectivity index (χ1n) is 12.6. The lowest BCUT2D eigenvalue weighted by atomic mass is 10.0. The molecular weight excluding hydrogens is 372 g/mol. The minimum atomic E-state index is -0.173. The normalized spacial score (nSPS) is 11.0. The van der Waals surface area contributed by atoms with Gasteiger partial charge in [-0.25, -0.2) is 0 Å². The Bertz CT molecular complexity index is 580. The standard InChI is InChI=1S/C27H46O3/c1-4-5-6-7-8-9-10-11-12-13-14-15-16-17-18-19-20-27(29)30-26-22-21-25(28)23(2)24(26)3/h21-22,28H,4-20H2,1-3H3. The first-order chi connectivity index (χ1) is 14.6. The van der Waals surface area contributed by atoms with Crippen LogP contribution in [0.4, 0.5) is 0 Å². The highest BCUT2D eigenvalue weighted by molar-refractivity contribution is 5.73. The minimum absolute atomic E-state index is 0.173. The number of esters is 1. The molecule has 0 unspecified atom stereocenters. The third-order valence-electron chi connectivity index (χ3n) is 6.17. The molecule has 172 valence electrons. The number of aromatic hydroxyl groups is 1. The number of phenols is 1. The third kappa shape index (κ3) is 12.2. The fourth-order valence-electron chi connectivity index (χ4n) is 3.88. The second-order valence-corrected chi connectivity index (χ2v) is 8.86. The van der Waals surface area contributed by atoms with Gasteiger partial charge in [-0.2, -0.15) is 0 Å². The molecule has 0 aliphatic heterocycles. The van der Waals surface area contributed by atoms with Crippen LogP contribution in [0.1, 0.15) is 127 Å². The first-order valence-corrected chi connectivity index (χ1v) is 12.6. The number of hydrogen-bond acceptors (Lipinski definition) is 3. The molecule has 0 radical (unpaired) electrons. The molecule has 0 atom stereocenters. The molecule has 0 bridgehead atoms. The van der Waals surface area contributed by atoms with Gasteiger partial charge in [0.25, 0.3) is 0 Å². The number of unbranched alkanes of at least 4 members (excludes halogenated alkanes) is 15. The van der Waals surface area contributed by atoms with Gasteiger partial charge in [0, 0.05) is 6.42 Å². The molecule has 0 heterocycles. The molecule has 0 aliphatic carbocycles. The topological polar surface area (TPSA) is 46.5 Å². The van der Waals surface area contributed by atoms with Gasteiger partial charge < -0.3 is 9.84 Å². The fraction of sp³-hybridized carbons (Fsp3) is 0.741. The zero-order valence-electron chi connectivity index (χ0n) is 19.9. The summed E-state index contributed by atoms with van der Waals surface area (Å²) < 4.78 is 5.46. The van der Waals surface area contributed by atoms with Crippen LogP contribution >= 0.6 is 0 Å². The Kier molecular flexibility index (Phi) is 15.2. The zero-order chi connectivity index (χ0) is 22.0. The molecule has 0 amide bonds. The van der Waals surface area contributed by atoms with Crippen molar-refractivity contribution in [3.63, 3.8) is 0 Å². The summed E-state index contributed by atoms with van der Waals surface area (Å²) in [6.07, 6.45) is 21.7. The molecule has 0 saturated carbocycles. The molecule has 3 heteroatoms. The van der Waals surface area contributed by atoms with Crippen molar-refractivity contribution in [3.8, 4) is 11.5 Å². The summed E-state index contributed by atoms with van der Waals surface area (Å²) in [6.45, 7) is 5.97. The van der Waals surface area contributed by atoms with Crippen molar-refractivity contribution in [1.82, 2.24) is 0 Å². The Morgan fingerprint density at radius 1 is 0.700 bits per heavy atom. The average Bonchev–Trinajstić information content (AvgIpc) is 2.74. The van der Waals surface area contributed by atoms with Crippen LogP contribution in [0.25, 0.3) is 0 Å². The molecule has 0 saturated heterocycles. The summed E-state index contributed by atoms with van der Waals surface area (Å²) in [5.41, 5.74) is 1.60. The molecule has 0 fully saturated rings. The van der Waals surface area contributed by atoms with E-state index < -0.39 is 0 Å². The molecule has 1 aromatic carbocycles. The van der Waals surface area contributed by atoms with Crippen LogP contribution in [0.2, 0.25) is 0 Å². The second kappa shape index (κ2) is 17.2. The van der Waals surface area contributed by atoms with Gasteiger partial charge in [-0.15, -0.1) is 0 Å². The Morgan fingerprint density at radius 2 is 1.13 bits per heavy atom. The van der Waals surface area contributed by atoms with Crippen molar-refractivity contribution in [3.05, 3.63) is 23.3 Å². The van der Waals surface area contributed by atoms with E-state index in [1.807, 2.05) is 13.8 Å². The van der Waals surface area contributed by atoms with Crippen LogP contribution in [0.5, 0.6) is 11.5 Å². The SMILES string of the molecule is CCCCCCCCCCCCCCCCCCC(=O)Oc1ccc(O)c(C)c1C. The quantitative estimate of drug-likeness (QED) is 0.147. The molecule has 0 aliphatic rings.